The Balaban J connectivity index is 1.54. The highest BCUT2D eigenvalue weighted by molar-refractivity contribution is 5.38. The van der Waals surface area contributed by atoms with E-state index in [0.717, 1.165) is 43.0 Å². The number of nitrogens with zero attached hydrogens (tertiary/aromatic N) is 4. The third-order valence-corrected chi connectivity index (χ3v) is 4.62. The van der Waals surface area contributed by atoms with Gasteiger partial charge in [0.25, 0.3) is 5.56 Å². The smallest absolute Gasteiger partial charge is 0.332 e. The zero-order chi connectivity index (χ0) is 17.8. The van der Waals surface area contributed by atoms with Crippen molar-refractivity contribution in [2.24, 2.45) is 14.1 Å². The molecule has 0 unspecified atom stereocenters. The molecular weight excluding hydrogens is 320 g/mol. The first-order valence-corrected chi connectivity index (χ1v) is 8.48. The van der Waals surface area contributed by atoms with Crippen molar-refractivity contribution in [3.63, 3.8) is 0 Å². The zero-order valence-electron chi connectivity index (χ0n) is 14.7. The van der Waals surface area contributed by atoms with E-state index < -0.39 is 0 Å². The molecule has 0 N–H and O–H groups in total. The largest absolute Gasteiger partial charge is 0.492 e. The van der Waals surface area contributed by atoms with Gasteiger partial charge in [0.15, 0.2) is 0 Å². The molecule has 1 aromatic carbocycles. The number of piperazine rings is 1. The minimum absolute atomic E-state index is 0.267. The van der Waals surface area contributed by atoms with Crippen LogP contribution in [0.4, 0.5) is 5.82 Å². The molecule has 0 aliphatic carbocycles. The molecule has 0 amide bonds. The van der Waals surface area contributed by atoms with Gasteiger partial charge in [0.1, 0.15) is 18.2 Å². The van der Waals surface area contributed by atoms with Gasteiger partial charge in [0.05, 0.1) is 0 Å². The molecule has 1 fully saturated rings. The molecule has 7 heteroatoms. The van der Waals surface area contributed by atoms with Crippen LogP contribution in [-0.4, -0.2) is 53.4 Å². The summed E-state index contributed by atoms with van der Waals surface area (Å²) in [6, 6.07) is 11.3. The molecule has 0 radical (unpaired) electrons. The normalized spacial score (nSPS) is 15.4. The fourth-order valence-corrected chi connectivity index (χ4v) is 3.03. The summed E-state index contributed by atoms with van der Waals surface area (Å²) < 4.78 is 8.40. The molecule has 0 saturated carbocycles. The van der Waals surface area contributed by atoms with Crippen molar-refractivity contribution in [3.05, 3.63) is 57.2 Å². The fraction of sp³-hybridized carbons (Fsp3) is 0.444. The Morgan fingerprint density at radius 2 is 1.64 bits per heavy atom. The van der Waals surface area contributed by atoms with Gasteiger partial charge in [-0.15, -0.1) is 0 Å². The number of ether oxygens (including phenoxy) is 1. The van der Waals surface area contributed by atoms with E-state index >= 15 is 0 Å². The van der Waals surface area contributed by atoms with Gasteiger partial charge in [-0.05, 0) is 12.1 Å². The number of hydrogen-bond acceptors (Lipinski definition) is 5. The van der Waals surface area contributed by atoms with E-state index in [-0.39, 0.29) is 11.2 Å². The SMILES string of the molecule is Cn1c(N2CCN(CCOc3ccccc3)CC2)cc(=O)n(C)c1=O. The summed E-state index contributed by atoms with van der Waals surface area (Å²) in [5.41, 5.74) is -0.557. The monoisotopic (exact) mass is 344 g/mol. The van der Waals surface area contributed by atoms with Crippen molar-refractivity contribution < 1.29 is 4.74 Å². The van der Waals surface area contributed by atoms with Crippen molar-refractivity contribution in [1.29, 1.82) is 0 Å². The number of para-hydroxylation sites is 1. The van der Waals surface area contributed by atoms with Crippen molar-refractivity contribution in [3.8, 4) is 5.75 Å². The highest BCUT2D eigenvalue weighted by Crippen LogP contribution is 2.13. The fourth-order valence-electron chi connectivity index (χ4n) is 3.03. The molecule has 1 aliphatic heterocycles. The summed E-state index contributed by atoms with van der Waals surface area (Å²) in [6.45, 7) is 4.83. The molecule has 0 atom stereocenters. The second-order valence-corrected chi connectivity index (χ2v) is 6.23. The van der Waals surface area contributed by atoms with Crippen LogP contribution in [-0.2, 0) is 14.1 Å². The van der Waals surface area contributed by atoms with Crippen molar-refractivity contribution >= 4 is 5.82 Å². The van der Waals surface area contributed by atoms with Gasteiger partial charge >= 0.3 is 5.69 Å². The average Bonchev–Trinajstić information content (AvgIpc) is 2.64. The Morgan fingerprint density at radius 3 is 2.32 bits per heavy atom. The van der Waals surface area contributed by atoms with E-state index in [2.05, 4.69) is 9.80 Å². The van der Waals surface area contributed by atoms with Crippen LogP contribution in [0.25, 0.3) is 0 Å². The predicted octanol–water partition coefficient (Wildman–Crippen LogP) is 0.285. The first-order valence-electron chi connectivity index (χ1n) is 8.48. The van der Waals surface area contributed by atoms with Crippen LogP contribution >= 0.6 is 0 Å². The first kappa shape index (κ1) is 17.3. The lowest BCUT2D eigenvalue weighted by atomic mass is 10.3. The molecule has 1 aliphatic rings. The second kappa shape index (κ2) is 7.57. The Bertz CT molecular complexity index is 820. The molecule has 3 rings (SSSR count). The number of benzene rings is 1. The Morgan fingerprint density at radius 1 is 0.960 bits per heavy atom. The second-order valence-electron chi connectivity index (χ2n) is 6.23. The molecule has 25 heavy (non-hydrogen) atoms. The molecule has 0 spiro atoms. The average molecular weight is 344 g/mol. The molecule has 7 nitrogen and oxygen atoms in total. The predicted molar refractivity (Wildman–Crippen MR) is 97.5 cm³/mol. The van der Waals surface area contributed by atoms with Gasteiger partial charge < -0.3 is 9.64 Å². The van der Waals surface area contributed by atoms with Gasteiger partial charge in [0, 0.05) is 52.9 Å². The van der Waals surface area contributed by atoms with Gasteiger partial charge in [-0.25, -0.2) is 4.79 Å². The topological polar surface area (TPSA) is 59.7 Å². The number of anilines is 1. The summed E-state index contributed by atoms with van der Waals surface area (Å²) in [6.07, 6.45) is 0. The van der Waals surface area contributed by atoms with Crippen LogP contribution in [0.5, 0.6) is 5.75 Å². The van der Waals surface area contributed by atoms with E-state index in [0.29, 0.717) is 12.4 Å². The summed E-state index contributed by atoms with van der Waals surface area (Å²) in [5.74, 6) is 1.57. The van der Waals surface area contributed by atoms with Crippen LogP contribution < -0.4 is 20.9 Å². The van der Waals surface area contributed by atoms with E-state index in [1.54, 1.807) is 7.05 Å². The highest BCUT2D eigenvalue weighted by Gasteiger charge is 2.20. The maximum Gasteiger partial charge on any atom is 0.332 e. The molecule has 0 bridgehead atoms. The minimum atomic E-state index is -0.291. The van der Waals surface area contributed by atoms with Crippen LogP contribution in [0.1, 0.15) is 0 Å². The maximum atomic E-state index is 12.1. The number of hydrogen-bond donors (Lipinski definition) is 0. The lowest BCUT2D eigenvalue weighted by Crippen LogP contribution is -2.50. The molecular formula is C18H24N4O3. The Hall–Kier alpha value is -2.54. The minimum Gasteiger partial charge on any atom is -0.492 e. The van der Waals surface area contributed by atoms with Crippen LogP contribution in [0, 0.1) is 0 Å². The van der Waals surface area contributed by atoms with Crippen molar-refractivity contribution in [1.82, 2.24) is 14.0 Å². The maximum absolute atomic E-state index is 12.1. The number of rotatable bonds is 5. The molecule has 1 aromatic heterocycles. The summed E-state index contributed by atoms with van der Waals surface area (Å²) in [5, 5.41) is 0. The van der Waals surface area contributed by atoms with E-state index in [4.69, 9.17) is 4.74 Å². The van der Waals surface area contributed by atoms with Gasteiger partial charge in [-0.2, -0.15) is 0 Å². The van der Waals surface area contributed by atoms with Crippen molar-refractivity contribution in [2.75, 3.05) is 44.2 Å². The first-order chi connectivity index (χ1) is 12.1. The Kier molecular flexibility index (Phi) is 5.23. The summed E-state index contributed by atoms with van der Waals surface area (Å²) >= 11 is 0. The quantitative estimate of drug-likeness (QED) is 0.780. The molecule has 2 heterocycles. The Labute approximate surface area is 146 Å². The van der Waals surface area contributed by atoms with Gasteiger partial charge in [-0.1, -0.05) is 18.2 Å². The zero-order valence-corrected chi connectivity index (χ0v) is 14.7. The summed E-state index contributed by atoms with van der Waals surface area (Å²) in [7, 11) is 3.20. The third-order valence-electron chi connectivity index (χ3n) is 4.62. The van der Waals surface area contributed by atoms with E-state index in [1.807, 2.05) is 30.3 Å². The lowest BCUT2D eigenvalue weighted by Gasteiger charge is -2.36. The molecule has 2 aromatic rings. The van der Waals surface area contributed by atoms with Crippen LogP contribution in [0.3, 0.4) is 0 Å². The van der Waals surface area contributed by atoms with E-state index in [9.17, 15) is 9.59 Å². The summed E-state index contributed by atoms with van der Waals surface area (Å²) in [4.78, 5) is 28.4. The van der Waals surface area contributed by atoms with Crippen LogP contribution in [0.2, 0.25) is 0 Å². The van der Waals surface area contributed by atoms with Gasteiger partial charge in [0.2, 0.25) is 0 Å². The number of aromatic nitrogens is 2. The molecule has 1 saturated heterocycles. The lowest BCUT2D eigenvalue weighted by molar-refractivity contribution is 0.200. The highest BCUT2D eigenvalue weighted by atomic mass is 16.5. The van der Waals surface area contributed by atoms with Crippen LogP contribution in [0.15, 0.2) is 46.0 Å². The van der Waals surface area contributed by atoms with E-state index in [1.165, 1.54) is 17.7 Å². The van der Waals surface area contributed by atoms with Crippen molar-refractivity contribution in [2.45, 2.75) is 0 Å². The standard InChI is InChI=1S/C18H24N4O3/c1-19-16(14-17(23)20(2)18(19)24)22-10-8-21(9-11-22)12-13-25-15-6-4-3-5-7-15/h3-7,14H,8-13H2,1-2H3. The molecule has 134 valence electrons. The van der Waals surface area contributed by atoms with Gasteiger partial charge in [-0.3, -0.25) is 18.8 Å². The third kappa shape index (κ3) is 3.93.